The van der Waals surface area contributed by atoms with Crippen LogP contribution in [0.5, 0.6) is 0 Å². The van der Waals surface area contributed by atoms with E-state index < -0.39 is 11.9 Å². The molecule has 0 spiro atoms. The van der Waals surface area contributed by atoms with Gasteiger partial charge in [-0.2, -0.15) is 0 Å². The lowest BCUT2D eigenvalue weighted by molar-refractivity contribution is -0.138. The van der Waals surface area contributed by atoms with Crippen LogP contribution in [-0.2, 0) is 20.7 Å². The lowest BCUT2D eigenvalue weighted by Gasteiger charge is -2.00. The second-order valence-corrected chi connectivity index (χ2v) is 3.89. The fourth-order valence-corrected chi connectivity index (χ4v) is 1.76. The van der Waals surface area contributed by atoms with Gasteiger partial charge in [0.25, 0.3) is 0 Å². The van der Waals surface area contributed by atoms with Gasteiger partial charge in [0.15, 0.2) is 0 Å². The standard InChI is InChI=1S/C10H11NO4S/c1-7-8(16-6-11-7)4-5-15-10(14)3-2-9(12)13/h2-3,6H,4-5H2,1H3,(H,12,13)/b3-2-. The normalized spacial score (nSPS) is 10.6. The van der Waals surface area contributed by atoms with Gasteiger partial charge in [0.2, 0.25) is 0 Å². The van der Waals surface area contributed by atoms with E-state index in [4.69, 9.17) is 9.84 Å². The molecule has 0 bridgehead atoms. The number of carbonyl (C=O) groups is 2. The fourth-order valence-electron chi connectivity index (χ4n) is 0.998. The number of aromatic nitrogens is 1. The number of carbonyl (C=O) groups excluding carboxylic acids is 1. The van der Waals surface area contributed by atoms with E-state index in [0.29, 0.717) is 6.42 Å². The summed E-state index contributed by atoms with van der Waals surface area (Å²) in [5.74, 6) is -1.82. The molecular weight excluding hydrogens is 230 g/mol. The van der Waals surface area contributed by atoms with Crippen molar-refractivity contribution in [3.05, 3.63) is 28.2 Å². The van der Waals surface area contributed by atoms with Gasteiger partial charge in [0.05, 0.1) is 17.8 Å². The molecule has 1 aromatic rings. The Bertz CT molecular complexity index is 411. The summed E-state index contributed by atoms with van der Waals surface area (Å²) in [6.45, 7) is 2.11. The van der Waals surface area contributed by atoms with Gasteiger partial charge in [-0.05, 0) is 6.92 Å². The summed E-state index contributed by atoms with van der Waals surface area (Å²) in [5, 5.41) is 8.27. The van der Waals surface area contributed by atoms with Crippen LogP contribution >= 0.6 is 11.3 Å². The third kappa shape index (κ3) is 4.22. The number of aryl methyl sites for hydroxylation is 1. The Balaban J connectivity index is 2.28. The number of aliphatic carboxylic acids is 1. The summed E-state index contributed by atoms with van der Waals surface area (Å²) in [4.78, 5) is 26.2. The van der Waals surface area contributed by atoms with Crippen molar-refractivity contribution in [3.8, 4) is 0 Å². The van der Waals surface area contributed by atoms with Gasteiger partial charge in [-0.1, -0.05) is 0 Å². The van der Waals surface area contributed by atoms with E-state index in [-0.39, 0.29) is 6.61 Å². The molecular formula is C10H11NO4S. The zero-order valence-corrected chi connectivity index (χ0v) is 9.49. The van der Waals surface area contributed by atoms with Crippen LogP contribution in [0.15, 0.2) is 17.7 Å². The predicted molar refractivity (Wildman–Crippen MR) is 58.3 cm³/mol. The summed E-state index contributed by atoms with van der Waals surface area (Å²) in [5.41, 5.74) is 2.67. The van der Waals surface area contributed by atoms with E-state index >= 15 is 0 Å². The zero-order valence-electron chi connectivity index (χ0n) is 8.67. The molecule has 1 N–H and O–H groups in total. The van der Waals surface area contributed by atoms with Crippen LogP contribution in [0.4, 0.5) is 0 Å². The Kier molecular flexibility index (Phi) is 4.65. The van der Waals surface area contributed by atoms with Crippen LogP contribution in [0.3, 0.4) is 0 Å². The molecule has 0 aliphatic rings. The highest BCUT2D eigenvalue weighted by Gasteiger charge is 2.03. The van der Waals surface area contributed by atoms with Crippen LogP contribution in [0.2, 0.25) is 0 Å². The van der Waals surface area contributed by atoms with E-state index in [9.17, 15) is 9.59 Å². The molecule has 0 aliphatic carbocycles. The number of ether oxygens (including phenoxy) is 1. The van der Waals surface area contributed by atoms with E-state index in [2.05, 4.69) is 4.98 Å². The molecule has 86 valence electrons. The van der Waals surface area contributed by atoms with E-state index in [1.807, 2.05) is 6.92 Å². The molecule has 0 amide bonds. The number of nitrogens with zero attached hydrogens (tertiary/aromatic N) is 1. The van der Waals surface area contributed by atoms with Crippen LogP contribution in [0.1, 0.15) is 10.6 Å². The van der Waals surface area contributed by atoms with Crippen LogP contribution < -0.4 is 0 Å². The van der Waals surface area contributed by atoms with Crippen LogP contribution in [0, 0.1) is 6.92 Å². The Hall–Kier alpha value is -1.69. The maximum atomic E-state index is 11.0. The van der Waals surface area contributed by atoms with Crippen molar-refractivity contribution in [1.29, 1.82) is 0 Å². The second kappa shape index (κ2) is 6.02. The zero-order chi connectivity index (χ0) is 12.0. The van der Waals surface area contributed by atoms with Gasteiger partial charge >= 0.3 is 11.9 Å². The lowest BCUT2D eigenvalue weighted by Crippen LogP contribution is -2.05. The minimum absolute atomic E-state index is 0.228. The van der Waals surface area contributed by atoms with Crippen molar-refractivity contribution in [2.75, 3.05) is 6.61 Å². The molecule has 0 atom stereocenters. The first-order valence-electron chi connectivity index (χ1n) is 4.56. The first-order chi connectivity index (χ1) is 7.59. The Morgan fingerprint density at radius 3 is 2.88 bits per heavy atom. The summed E-state index contributed by atoms with van der Waals surface area (Å²) in [6.07, 6.45) is 2.24. The molecule has 0 unspecified atom stereocenters. The second-order valence-electron chi connectivity index (χ2n) is 2.95. The summed E-state index contributed by atoms with van der Waals surface area (Å²) in [6, 6.07) is 0. The number of hydrogen-bond donors (Lipinski definition) is 1. The molecule has 0 aliphatic heterocycles. The number of hydrogen-bond acceptors (Lipinski definition) is 5. The Morgan fingerprint density at radius 2 is 2.31 bits per heavy atom. The predicted octanol–water partition coefficient (Wildman–Crippen LogP) is 1.18. The van der Waals surface area contributed by atoms with Gasteiger partial charge in [0.1, 0.15) is 0 Å². The highest BCUT2D eigenvalue weighted by atomic mass is 32.1. The number of esters is 1. The SMILES string of the molecule is Cc1ncsc1CCOC(=O)/C=C\C(=O)O. The smallest absolute Gasteiger partial charge is 0.331 e. The number of rotatable bonds is 5. The molecule has 0 aromatic carbocycles. The molecule has 1 aromatic heterocycles. The average Bonchev–Trinajstić information content (AvgIpc) is 2.61. The van der Waals surface area contributed by atoms with Crippen LogP contribution in [-0.4, -0.2) is 28.6 Å². The molecule has 16 heavy (non-hydrogen) atoms. The van der Waals surface area contributed by atoms with Crippen molar-refractivity contribution >= 4 is 23.3 Å². The molecule has 0 saturated carbocycles. The summed E-state index contributed by atoms with van der Waals surface area (Å²) in [7, 11) is 0. The van der Waals surface area contributed by atoms with Crippen molar-refractivity contribution in [1.82, 2.24) is 4.98 Å². The van der Waals surface area contributed by atoms with E-state index in [1.54, 1.807) is 5.51 Å². The van der Waals surface area contributed by atoms with Crippen molar-refractivity contribution in [2.24, 2.45) is 0 Å². The molecule has 0 saturated heterocycles. The number of carboxylic acid groups (broad SMARTS) is 1. The number of carboxylic acids is 1. The summed E-state index contributed by atoms with van der Waals surface area (Å²) < 4.78 is 4.81. The highest BCUT2D eigenvalue weighted by Crippen LogP contribution is 2.12. The minimum atomic E-state index is -1.17. The molecule has 5 nitrogen and oxygen atoms in total. The molecule has 6 heteroatoms. The minimum Gasteiger partial charge on any atom is -0.478 e. The fraction of sp³-hybridized carbons (Fsp3) is 0.300. The van der Waals surface area contributed by atoms with Crippen molar-refractivity contribution in [3.63, 3.8) is 0 Å². The monoisotopic (exact) mass is 241 g/mol. The van der Waals surface area contributed by atoms with E-state index in [0.717, 1.165) is 22.7 Å². The first-order valence-corrected chi connectivity index (χ1v) is 5.44. The Morgan fingerprint density at radius 1 is 1.56 bits per heavy atom. The quantitative estimate of drug-likeness (QED) is 0.618. The first kappa shape index (κ1) is 12.4. The molecule has 0 fully saturated rings. The third-order valence-electron chi connectivity index (χ3n) is 1.78. The van der Waals surface area contributed by atoms with Gasteiger partial charge in [-0.3, -0.25) is 0 Å². The van der Waals surface area contributed by atoms with Gasteiger partial charge < -0.3 is 9.84 Å². The maximum Gasteiger partial charge on any atom is 0.331 e. The average molecular weight is 241 g/mol. The van der Waals surface area contributed by atoms with Gasteiger partial charge in [-0.15, -0.1) is 11.3 Å². The van der Waals surface area contributed by atoms with Crippen molar-refractivity contribution < 1.29 is 19.4 Å². The Labute approximate surface area is 96.4 Å². The van der Waals surface area contributed by atoms with Crippen molar-refractivity contribution in [2.45, 2.75) is 13.3 Å². The third-order valence-corrected chi connectivity index (χ3v) is 2.78. The van der Waals surface area contributed by atoms with Crippen LogP contribution in [0.25, 0.3) is 0 Å². The number of thiazole rings is 1. The molecule has 1 heterocycles. The topological polar surface area (TPSA) is 76.5 Å². The lowest BCUT2D eigenvalue weighted by atomic mass is 10.3. The van der Waals surface area contributed by atoms with Gasteiger partial charge in [-0.25, -0.2) is 14.6 Å². The summed E-state index contributed by atoms with van der Waals surface area (Å²) >= 11 is 1.50. The maximum absolute atomic E-state index is 11.0. The van der Waals surface area contributed by atoms with Gasteiger partial charge in [0, 0.05) is 23.5 Å². The largest absolute Gasteiger partial charge is 0.478 e. The molecule has 0 radical (unpaired) electrons. The van der Waals surface area contributed by atoms with E-state index in [1.165, 1.54) is 11.3 Å². The molecule has 1 rings (SSSR count). The highest BCUT2D eigenvalue weighted by molar-refractivity contribution is 7.09.